The summed E-state index contributed by atoms with van der Waals surface area (Å²) in [6, 6.07) is -0.767. The third-order valence-electron chi connectivity index (χ3n) is 12.5. The number of hydrogen-bond donors (Lipinski definition) is 3. The average molecular weight is 912 g/mol. The van der Waals surface area contributed by atoms with E-state index in [1.54, 1.807) is 0 Å². The van der Waals surface area contributed by atoms with Crippen LogP contribution < -0.4 is 5.32 Å². The van der Waals surface area contributed by atoms with Crippen molar-refractivity contribution in [2.75, 3.05) is 40.9 Å². The fraction of sp³-hybridized carbons (Fsp3) is 0.907. The van der Waals surface area contributed by atoms with Gasteiger partial charge in [0.05, 0.1) is 39.9 Å². The molecule has 63 heavy (non-hydrogen) atoms. The molecule has 0 aliphatic carbocycles. The molecule has 0 spiro atoms. The maximum absolute atomic E-state index is 12.9. The summed E-state index contributed by atoms with van der Waals surface area (Å²) in [5, 5.41) is 14.0. The highest BCUT2D eigenvalue weighted by Crippen LogP contribution is 2.43. The Morgan fingerprint density at radius 1 is 0.540 bits per heavy atom. The van der Waals surface area contributed by atoms with Crippen molar-refractivity contribution in [3.05, 3.63) is 24.3 Å². The summed E-state index contributed by atoms with van der Waals surface area (Å²) in [5.41, 5.74) is 0. The predicted molar refractivity (Wildman–Crippen MR) is 272 cm³/mol. The number of hydrogen-bond acceptors (Lipinski definition) is 5. The Bertz CT molecular complexity index is 1080. The van der Waals surface area contributed by atoms with Crippen molar-refractivity contribution in [1.29, 1.82) is 0 Å². The molecular weight excluding hydrogens is 804 g/mol. The van der Waals surface area contributed by atoms with Crippen molar-refractivity contribution < 1.29 is 32.9 Å². The zero-order valence-corrected chi connectivity index (χ0v) is 43.5. The summed E-state index contributed by atoms with van der Waals surface area (Å²) < 4.78 is 23.7. The average Bonchev–Trinajstić information content (AvgIpc) is 3.24. The van der Waals surface area contributed by atoms with Gasteiger partial charge in [0.15, 0.2) is 0 Å². The molecule has 0 bridgehead atoms. The van der Waals surface area contributed by atoms with Crippen molar-refractivity contribution in [3.8, 4) is 0 Å². The van der Waals surface area contributed by atoms with E-state index in [0.717, 1.165) is 64.2 Å². The van der Waals surface area contributed by atoms with Gasteiger partial charge in [0, 0.05) is 6.42 Å². The largest absolute Gasteiger partial charge is 0.472 e. The number of amides is 1. The number of aliphatic hydroxyl groups excluding tert-OH is 1. The number of unbranched alkanes of at least 4 members (excludes halogenated alkanes) is 33. The van der Waals surface area contributed by atoms with Gasteiger partial charge in [0.2, 0.25) is 5.91 Å². The van der Waals surface area contributed by atoms with Gasteiger partial charge in [-0.2, -0.15) is 0 Å². The van der Waals surface area contributed by atoms with E-state index in [1.807, 2.05) is 21.1 Å². The summed E-state index contributed by atoms with van der Waals surface area (Å²) in [4.78, 5) is 23.3. The van der Waals surface area contributed by atoms with Crippen molar-refractivity contribution in [1.82, 2.24) is 5.32 Å². The number of allylic oxidation sites excluding steroid dienone is 4. The minimum atomic E-state index is -4.32. The number of carbonyl (C=O) groups is 1. The third kappa shape index (κ3) is 48.7. The molecule has 0 aromatic carbocycles. The number of phosphoric acid groups is 1. The predicted octanol–water partition coefficient (Wildman–Crippen LogP) is 16.0. The molecule has 9 heteroatoms. The monoisotopic (exact) mass is 912 g/mol. The Hall–Kier alpha value is -1.02. The van der Waals surface area contributed by atoms with Crippen LogP contribution in [0.1, 0.15) is 264 Å². The molecule has 3 N–H and O–H groups in total. The maximum atomic E-state index is 12.9. The first-order chi connectivity index (χ1) is 30.5. The van der Waals surface area contributed by atoms with Crippen LogP contribution in [0, 0.1) is 0 Å². The molecule has 8 nitrogen and oxygen atoms in total. The SMILES string of the molecule is CCCCCC/C=C\C/C=C\CCCCCCCC(=O)NC(COP(=O)(O)OCC[N+](C)(C)C)C(O)CCCCCCCCCCCCCCCCCCCCCCCCCCC. The van der Waals surface area contributed by atoms with Crippen molar-refractivity contribution in [2.24, 2.45) is 0 Å². The van der Waals surface area contributed by atoms with Gasteiger partial charge in [-0.1, -0.05) is 237 Å². The Morgan fingerprint density at radius 3 is 1.32 bits per heavy atom. The van der Waals surface area contributed by atoms with Crippen LogP contribution in [0.2, 0.25) is 0 Å². The molecule has 1 amide bonds. The number of quaternary nitrogens is 1. The molecule has 0 saturated carbocycles. The van der Waals surface area contributed by atoms with E-state index in [0.29, 0.717) is 23.9 Å². The van der Waals surface area contributed by atoms with Crippen LogP contribution in [0.4, 0.5) is 0 Å². The second kappa shape index (κ2) is 46.1. The minimum absolute atomic E-state index is 0.0727. The highest BCUT2D eigenvalue weighted by molar-refractivity contribution is 7.47. The summed E-state index contributed by atoms with van der Waals surface area (Å²) >= 11 is 0. The highest BCUT2D eigenvalue weighted by Gasteiger charge is 2.28. The van der Waals surface area contributed by atoms with Gasteiger partial charge in [-0.25, -0.2) is 4.57 Å². The van der Waals surface area contributed by atoms with E-state index in [4.69, 9.17) is 9.05 Å². The number of nitrogens with one attached hydrogen (secondary N) is 1. The first-order valence-electron chi connectivity index (χ1n) is 27.2. The van der Waals surface area contributed by atoms with Crippen molar-refractivity contribution in [2.45, 2.75) is 276 Å². The summed E-state index contributed by atoms with van der Waals surface area (Å²) in [6.45, 7) is 4.89. The molecule has 0 aromatic heterocycles. The molecule has 0 aromatic rings. The summed E-state index contributed by atoms with van der Waals surface area (Å²) in [5.74, 6) is -0.155. The number of aliphatic hydroxyl groups is 1. The molecule has 3 atom stereocenters. The highest BCUT2D eigenvalue weighted by atomic mass is 31.2. The first-order valence-corrected chi connectivity index (χ1v) is 28.7. The Labute approximate surface area is 392 Å². The smallest absolute Gasteiger partial charge is 0.391 e. The number of likely N-dealkylation sites (N-methyl/N-ethyl adjacent to an activating group) is 1. The van der Waals surface area contributed by atoms with Crippen LogP contribution in [0.3, 0.4) is 0 Å². The van der Waals surface area contributed by atoms with E-state index in [2.05, 4.69) is 43.5 Å². The second-order valence-corrected chi connectivity index (χ2v) is 21.4. The minimum Gasteiger partial charge on any atom is -0.391 e. The fourth-order valence-electron chi connectivity index (χ4n) is 8.14. The molecule has 0 aliphatic heterocycles. The lowest BCUT2D eigenvalue weighted by Gasteiger charge is -2.26. The molecule has 3 unspecified atom stereocenters. The zero-order valence-electron chi connectivity index (χ0n) is 42.6. The number of carbonyl (C=O) groups excluding carboxylic acids is 1. The maximum Gasteiger partial charge on any atom is 0.472 e. The lowest BCUT2D eigenvalue weighted by molar-refractivity contribution is -0.870. The first kappa shape index (κ1) is 62.0. The van der Waals surface area contributed by atoms with Crippen molar-refractivity contribution in [3.63, 3.8) is 0 Å². The number of rotatable bonds is 50. The van der Waals surface area contributed by atoms with Crippen LogP contribution >= 0.6 is 7.82 Å². The Morgan fingerprint density at radius 2 is 0.905 bits per heavy atom. The van der Waals surface area contributed by atoms with E-state index < -0.39 is 20.0 Å². The van der Waals surface area contributed by atoms with E-state index >= 15 is 0 Å². The molecule has 0 aliphatic rings. The van der Waals surface area contributed by atoms with Gasteiger partial charge in [-0.05, 0) is 44.9 Å². The second-order valence-electron chi connectivity index (χ2n) is 20.0. The van der Waals surface area contributed by atoms with Gasteiger partial charge < -0.3 is 19.8 Å². The fourth-order valence-corrected chi connectivity index (χ4v) is 8.87. The van der Waals surface area contributed by atoms with Gasteiger partial charge in [-0.15, -0.1) is 0 Å². The zero-order chi connectivity index (χ0) is 46.4. The molecule has 0 fully saturated rings. The van der Waals surface area contributed by atoms with Crippen LogP contribution in [-0.4, -0.2) is 73.4 Å². The van der Waals surface area contributed by atoms with Gasteiger partial charge >= 0.3 is 7.82 Å². The molecule has 0 rings (SSSR count). The molecule has 374 valence electrons. The lowest BCUT2D eigenvalue weighted by Crippen LogP contribution is -2.46. The molecule has 0 radical (unpaired) electrons. The van der Waals surface area contributed by atoms with Crippen LogP contribution in [0.15, 0.2) is 24.3 Å². The van der Waals surface area contributed by atoms with E-state index in [1.165, 1.54) is 173 Å². The van der Waals surface area contributed by atoms with Gasteiger partial charge in [-0.3, -0.25) is 13.8 Å². The number of nitrogens with zero attached hydrogens (tertiary/aromatic N) is 1. The van der Waals surface area contributed by atoms with Crippen molar-refractivity contribution >= 4 is 13.7 Å². The lowest BCUT2D eigenvalue weighted by atomic mass is 10.0. The van der Waals surface area contributed by atoms with Gasteiger partial charge in [0.1, 0.15) is 13.2 Å². The van der Waals surface area contributed by atoms with E-state index in [-0.39, 0.29) is 19.1 Å². The van der Waals surface area contributed by atoms with Gasteiger partial charge in [0.25, 0.3) is 0 Å². The number of phosphoric ester groups is 1. The third-order valence-corrected chi connectivity index (χ3v) is 13.4. The quantitative estimate of drug-likeness (QED) is 0.0243. The topological polar surface area (TPSA) is 105 Å². The Balaban J connectivity index is 4.18. The summed E-state index contributed by atoms with van der Waals surface area (Å²) in [6.07, 6.45) is 56.5. The summed E-state index contributed by atoms with van der Waals surface area (Å²) in [7, 11) is 1.61. The van der Waals surface area contributed by atoms with E-state index in [9.17, 15) is 19.4 Å². The molecule has 0 heterocycles. The van der Waals surface area contributed by atoms with Crippen LogP contribution in [0.25, 0.3) is 0 Å². The van der Waals surface area contributed by atoms with Crippen LogP contribution in [0.5, 0.6) is 0 Å². The normalized spacial score (nSPS) is 14.2. The molecule has 0 saturated heterocycles. The standard InChI is InChI=1S/C54H107N2O6P/c1-6-8-10-12-14-16-18-20-22-24-25-26-27-28-29-30-31-32-33-35-37-39-41-43-45-47-53(57)52(51-62-63(59,60)61-50-49-56(3,4)5)55-54(58)48-46-44-42-40-38-36-34-23-21-19-17-15-13-11-9-7-2/h17,19,23,34,52-53,57H,6-16,18,20-22,24-33,35-51H2,1-5H3,(H-,55,58,59,60)/p+1/b19-17-,34-23-. The molecular formula is C54H108N2O6P+. The van der Waals surface area contributed by atoms with Crippen LogP contribution in [-0.2, 0) is 18.4 Å². The Kier molecular flexibility index (Phi) is 45.4.